The lowest BCUT2D eigenvalue weighted by molar-refractivity contribution is -0.137. The van der Waals surface area contributed by atoms with E-state index in [0.717, 1.165) is 24.7 Å². The molecular formula is C25H26F3N5O. The lowest BCUT2D eigenvalue weighted by Crippen LogP contribution is -2.12. The number of allylic oxidation sites excluding steroid dienone is 2. The fourth-order valence-corrected chi connectivity index (χ4v) is 3.04. The maximum atomic E-state index is 13.6. The van der Waals surface area contributed by atoms with E-state index in [0.29, 0.717) is 22.8 Å². The number of aromatic nitrogens is 2. The molecule has 0 saturated heterocycles. The van der Waals surface area contributed by atoms with Crippen molar-refractivity contribution in [2.24, 2.45) is 0 Å². The van der Waals surface area contributed by atoms with Gasteiger partial charge in [0.25, 0.3) is 0 Å². The second kappa shape index (κ2) is 11.2. The Labute approximate surface area is 196 Å². The number of benzene rings is 2. The number of hydrogen-bond donors (Lipinski definition) is 3. The van der Waals surface area contributed by atoms with Crippen LogP contribution in [0.3, 0.4) is 0 Å². The molecule has 3 aromatic rings. The minimum absolute atomic E-state index is 0.00877. The van der Waals surface area contributed by atoms with E-state index in [2.05, 4.69) is 39.4 Å². The third kappa shape index (κ3) is 6.74. The molecule has 0 aliphatic rings. The van der Waals surface area contributed by atoms with Crippen molar-refractivity contribution in [3.8, 4) is 5.75 Å². The van der Waals surface area contributed by atoms with Crippen molar-refractivity contribution in [1.29, 1.82) is 0 Å². The number of unbranched alkanes of at least 4 members (excludes halogenated alkanes) is 1. The van der Waals surface area contributed by atoms with Crippen LogP contribution in [0.5, 0.6) is 5.75 Å². The third-order valence-corrected chi connectivity index (χ3v) is 4.71. The summed E-state index contributed by atoms with van der Waals surface area (Å²) >= 11 is 0. The van der Waals surface area contributed by atoms with Gasteiger partial charge in [-0.2, -0.15) is 18.2 Å². The summed E-state index contributed by atoms with van der Waals surface area (Å²) in [6, 6.07) is 13.8. The van der Waals surface area contributed by atoms with Crippen molar-refractivity contribution in [2.45, 2.75) is 25.9 Å². The van der Waals surface area contributed by atoms with Gasteiger partial charge in [0.1, 0.15) is 17.1 Å². The Kier molecular flexibility index (Phi) is 8.13. The number of alkyl halides is 3. The number of halogens is 3. The van der Waals surface area contributed by atoms with Gasteiger partial charge < -0.3 is 20.7 Å². The van der Waals surface area contributed by atoms with E-state index < -0.39 is 11.7 Å². The zero-order valence-electron chi connectivity index (χ0n) is 18.9. The maximum absolute atomic E-state index is 13.6. The Morgan fingerprint density at radius 1 is 1.06 bits per heavy atom. The van der Waals surface area contributed by atoms with Crippen LogP contribution in [0.4, 0.5) is 42.0 Å². The fourth-order valence-electron chi connectivity index (χ4n) is 3.04. The van der Waals surface area contributed by atoms with Crippen molar-refractivity contribution in [3.63, 3.8) is 0 Å². The second-order valence-corrected chi connectivity index (χ2v) is 7.29. The van der Waals surface area contributed by atoms with Gasteiger partial charge in [0.05, 0.1) is 7.11 Å². The van der Waals surface area contributed by atoms with Crippen LogP contribution < -0.4 is 20.7 Å². The molecule has 2 aromatic carbocycles. The van der Waals surface area contributed by atoms with Crippen LogP contribution in [0.25, 0.3) is 0 Å². The van der Waals surface area contributed by atoms with E-state index in [1.165, 1.54) is 7.11 Å². The molecule has 0 fully saturated rings. The Morgan fingerprint density at radius 3 is 2.44 bits per heavy atom. The second-order valence-electron chi connectivity index (χ2n) is 7.29. The molecular weight excluding hydrogens is 443 g/mol. The van der Waals surface area contributed by atoms with E-state index >= 15 is 0 Å². The predicted octanol–water partition coefficient (Wildman–Crippen LogP) is 7.27. The van der Waals surface area contributed by atoms with Crippen molar-refractivity contribution in [3.05, 3.63) is 84.7 Å². The molecule has 0 unspecified atom stereocenters. The topological polar surface area (TPSA) is 71.1 Å². The van der Waals surface area contributed by atoms with Gasteiger partial charge in [0.15, 0.2) is 0 Å². The van der Waals surface area contributed by atoms with Crippen LogP contribution in [0.15, 0.2) is 79.2 Å². The maximum Gasteiger partial charge on any atom is 0.421 e. The smallest absolute Gasteiger partial charge is 0.421 e. The largest absolute Gasteiger partial charge is 0.497 e. The molecule has 0 aliphatic carbocycles. The van der Waals surface area contributed by atoms with E-state index in [-0.39, 0.29) is 11.8 Å². The Bertz CT molecular complexity index is 1160. The van der Waals surface area contributed by atoms with Crippen molar-refractivity contribution in [1.82, 2.24) is 9.97 Å². The first kappa shape index (κ1) is 24.6. The zero-order chi connectivity index (χ0) is 24.6. The zero-order valence-corrected chi connectivity index (χ0v) is 18.9. The number of ether oxygens (including phenoxy) is 1. The van der Waals surface area contributed by atoms with Gasteiger partial charge in [-0.05, 0) is 42.8 Å². The van der Waals surface area contributed by atoms with Crippen LogP contribution in [-0.4, -0.2) is 17.1 Å². The minimum atomic E-state index is -4.63. The summed E-state index contributed by atoms with van der Waals surface area (Å²) < 4.78 is 46.1. The average molecular weight is 470 g/mol. The summed E-state index contributed by atoms with van der Waals surface area (Å²) in [5.74, 6) is 0.233. The molecule has 0 spiro atoms. The molecule has 3 N–H and O–H groups in total. The summed E-state index contributed by atoms with van der Waals surface area (Å²) in [6.07, 6.45) is 1.69. The molecule has 0 atom stereocenters. The molecule has 34 heavy (non-hydrogen) atoms. The molecule has 9 heteroatoms. The molecule has 1 heterocycles. The standard InChI is InChI=1S/C25H26F3N5O/c1-4-6-9-17(5-2)30-18-10-7-11-19(14-18)31-23-22(25(26,27)28)16-29-24(33-23)32-20-12-8-13-21(15-20)34-3/h5,7-16,30H,2,4,6H2,1,3H3,(H2,29,31,32,33)/b17-9-. The number of methoxy groups -OCH3 is 1. The summed E-state index contributed by atoms with van der Waals surface area (Å²) in [7, 11) is 1.52. The van der Waals surface area contributed by atoms with Crippen LogP contribution in [-0.2, 0) is 6.18 Å². The Balaban J connectivity index is 1.88. The summed E-state index contributed by atoms with van der Waals surface area (Å²) in [4.78, 5) is 7.93. The molecule has 0 amide bonds. The van der Waals surface area contributed by atoms with E-state index in [1.54, 1.807) is 48.5 Å². The summed E-state index contributed by atoms with van der Waals surface area (Å²) in [5.41, 5.74) is 1.55. The van der Waals surface area contributed by atoms with E-state index in [1.807, 2.05) is 12.1 Å². The lowest BCUT2D eigenvalue weighted by atomic mass is 10.2. The van der Waals surface area contributed by atoms with Gasteiger partial charge in [-0.3, -0.25) is 0 Å². The van der Waals surface area contributed by atoms with E-state index in [9.17, 15) is 13.2 Å². The van der Waals surface area contributed by atoms with E-state index in [4.69, 9.17) is 4.74 Å². The number of nitrogens with zero attached hydrogens (tertiary/aromatic N) is 2. The summed E-state index contributed by atoms with van der Waals surface area (Å²) in [6.45, 7) is 5.86. The molecule has 1 aromatic heterocycles. The van der Waals surface area contributed by atoms with Crippen molar-refractivity contribution in [2.75, 3.05) is 23.1 Å². The molecule has 3 rings (SSSR count). The molecule has 6 nitrogen and oxygen atoms in total. The van der Waals surface area contributed by atoms with Crippen LogP contribution in [0.2, 0.25) is 0 Å². The predicted molar refractivity (Wildman–Crippen MR) is 130 cm³/mol. The highest BCUT2D eigenvalue weighted by molar-refractivity contribution is 5.67. The average Bonchev–Trinajstić information content (AvgIpc) is 2.81. The highest BCUT2D eigenvalue weighted by Gasteiger charge is 2.35. The van der Waals surface area contributed by atoms with Gasteiger partial charge in [-0.1, -0.05) is 38.1 Å². The van der Waals surface area contributed by atoms with Crippen molar-refractivity contribution < 1.29 is 17.9 Å². The van der Waals surface area contributed by atoms with Gasteiger partial charge in [0.2, 0.25) is 5.95 Å². The van der Waals surface area contributed by atoms with Crippen molar-refractivity contribution >= 4 is 28.8 Å². The molecule has 0 aliphatic heterocycles. The lowest BCUT2D eigenvalue weighted by Gasteiger charge is -2.16. The Morgan fingerprint density at radius 2 is 1.76 bits per heavy atom. The first-order chi connectivity index (χ1) is 16.3. The SMILES string of the molecule is C=C/C(=C/CCC)Nc1cccc(Nc2nc(Nc3cccc(OC)c3)ncc2C(F)(F)F)c1. The Hall–Kier alpha value is -4.01. The quantitative estimate of drug-likeness (QED) is 0.271. The number of anilines is 5. The molecule has 0 radical (unpaired) electrons. The van der Waals surface area contributed by atoms with Crippen LogP contribution in [0.1, 0.15) is 25.3 Å². The number of rotatable bonds is 10. The van der Waals surface area contributed by atoms with Gasteiger partial charge in [-0.15, -0.1) is 0 Å². The first-order valence-corrected chi connectivity index (χ1v) is 10.6. The minimum Gasteiger partial charge on any atom is -0.497 e. The number of hydrogen-bond acceptors (Lipinski definition) is 6. The van der Waals surface area contributed by atoms with Gasteiger partial charge >= 0.3 is 6.18 Å². The highest BCUT2D eigenvalue weighted by atomic mass is 19.4. The molecule has 178 valence electrons. The summed E-state index contributed by atoms with van der Waals surface area (Å²) in [5, 5.41) is 8.90. The fraction of sp³-hybridized carbons (Fsp3) is 0.200. The highest BCUT2D eigenvalue weighted by Crippen LogP contribution is 2.35. The monoisotopic (exact) mass is 469 g/mol. The first-order valence-electron chi connectivity index (χ1n) is 10.6. The third-order valence-electron chi connectivity index (χ3n) is 4.71. The molecule has 0 saturated carbocycles. The van der Waals surface area contributed by atoms with Gasteiger partial charge in [0, 0.05) is 35.0 Å². The molecule has 0 bridgehead atoms. The normalized spacial score (nSPS) is 11.6. The van der Waals surface area contributed by atoms with Crippen LogP contribution in [0, 0.1) is 0 Å². The number of nitrogens with one attached hydrogen (secondary N) is 3. The van der Waals surface area contributed by atoms with Crippen LogP contribution >= 0.6 is 0 Å². The van der Waals surface area contributed by atoms with Gasteiger partial charge in [-0.25, -0.2) is 4.98 Å².